The molecule has 5 rings (SSSR count). The fraction of sp³-hybridized carbons (Fsp3) is 0.458. The molecule has 4 atom stereocenters. The summed E-state index contributed by atoms with van der Waals surface area (Å²) in [4.78, 5) is 10.1. The predicted molar refractivity (Wildman–Crippen MR) is 124 cm³/mol. The topological polar surface area (TPSA) is 58.4 Å². The van der Waals surface area contributed by atoms with Gasteiger partial charge in [0.2, 0.25) is 0 Å². The van der Waals surface area contributed by atoms with Crippen LogP contribution in [0.25, 0.3) is 16.9 Å². The first-order chi connectivity index (χ1) is 17.0. The lowest BCUT2D eigenvalue weighted by molar-refractivity contribution is -0.138. The molecule has 6 nitrogen and oxygen atoms in total. The number of piperidine rings is 1. The monoisotopic (exact) mass is 524 g/mol. The molecule has 1 aromatic carbocycles. The minimum Gasteiger partial charge on any atom is -0.358 e. The highest BCUT2D eigenvalue weighted by Gasteiger charge is 2.55. The number of nitrogens with one attached hydrogen (secondary N) is 1. The van der Waals surface area contributed by atoms with Crippen LogP contribution in [0.15, 0.2) is 18.5 Å². The fourth-order valence-corrected chi connectivity index (χ4v) is 4.96. The molecule has 190 valence electrons. The highest BCUT2D eigenvalue weighted by Crippen LogP contribution is 2.51. The molecule has 1 aliphatic carbocycles. The Morgan fingerprint density at radius 2 is 1.72 bits per heavy atom. The quantitative estimate of drug-likeness (QED) is 0.295. The lowest BCUT2D eigenvalue weighted by Crippen LogP contribution is -2.34. The van der Waals surface area contributed by atoms with Crippen LogP contribution < -0.4 is 5.32 Å². The summed E-state index contributed by atoms with van der Waals surface area (Å²) in [5.74, 6) is 4.53. The van der Waals surface area contributed by atoms with Gasteiger partial charge in [0.1, 0.15) is 35.0 Å². The summed E-state index contributed by atoms with van der Waals surface area (Å²) >= 11 is 6.20. The summed E-state index contributed by atoms with van der Waals surface area (Å²) in [7, 11) is 0. The Hall–Kier alpha value is -2.97. The highest BCUT2D eigenvalue weighted by molar-refractivity contribution is 6.33. The summed E-state index contributed by atoms with van der Waals surface area (Å²) in [6.45, 7) is 7.08. The van der Waals surface area contributed by atoms with E-state index >= 15 is 8.78 Å². The molecule has 2 aliphatic rings. The van der Waals surface area contributed by atoms with Gasteiger partial charge in [0, 0.05) is 30.6 Å². The standard InChI is InChI=1S/C24H22ClF5N6/c1-11(2)35-8-15-14(16(15)9-35)5-4-13-6-17(26)19(18(27)7-13)20-21(25)34-23-31-10-32-36(23)22(20)33-12(3)24(28,29)30/h6-7,10-12,14-16,33H,8-9H2,1-3H3/t12-,14?,15-,16+/m0/s1. The van der Waals surface area contributed by atoms with Crippen LogP contribution in [0.3, 0.4) is 0 Å². The molecule has 2 fully saturated rings. The number of fused-ring (bicyclic) bond motifs is 2. The number of anilines is 1. The molecule has 2 aromatic heterocycles. The lowest BCUT2D eigenvalue weighted by atomic mass is 10.0. The number of rotatable bonds is 4. The van der Waals surface area contributed by atoms with Crippen LogP contribution in [0.5, 0.6) is 0 Å². The van der Waals surface area contributed by atoms with Crippen molar-refractivity contribution < 1.29 is 22.0 Å². The van der Waals surface area contributed by atoms with Gasteiger partial charge >= 0.3 is 6.18 Å². The van der Waals surface area contributed by atoms with Gasteiger partial charge in [-0.05, 0) is 44.7 Å². The van der Waals surface area contributed by atoms with Crippen LogP contribution in [0.1, 0.15) is 26.3 Å². The van der Waals surface area contributed by atoms with Crippen molar-refractivity contribution in [1.29, 1.82) is 0 Å². The smallest absolute Gasteiger partial charge is 0.358 e. The maximum atomic E-state index is 15.3. The van der Waals surface area contributed by atoms with Crippen molar-refractivity contribution in [3.8, 4) is 23.0 Å². The van der Waals surface area contributed by atoms with Gasteiger partial charge in [-0.15, -0.1) is 0 Å². The Kier molecular flexibility index (Phi) is 6.08. The Bertz CT molecular complexity index is 1360. The van der Waals surface area contributed by atoms with E-state index in [-0.39, 0.29) is 23.1 Å². The van der Waals surface area contributed by atoms with Crippen molar-refractivity contribution in [3.63, 3.8) is 0 Å². The number of alkyl halides is 3. The van der Waals surface area contributed by atoms with Gasteiger partial charge in [-0.2, -0.15) is 32.8 Å². The number of hydrogen-bond acceptors (Lipinski definition) is 5. The van der Waals surface area contributed by atoms with Crippen molar-refractivity contribution in [3.05, 3.63) is 40.8 Å². The molecule has 0 bridgehead atoms. The van der Waals surface area contributed by atoms with Crippen LogP contribution in [-0.2, 0) is 0 Å². The van der Waals surface area contributed by atoms with E-state index in [1.165, 1.54) is 0 Å². The van der Waals surface area contributed by atoms with Gasteiger partial charge in [-0.3, -0.25) is 0 Å². The molecule has 3 aromatic rings. The highest BCUT2D eigenvalue weighted by atomic mass is 35.5. The van der Waals surface area contributed by atoms with E-state index in [1.54, 1.807) is 0 Å². The van der Waals surface area contributed by atoms with Crippen molar-refractivity contribution >= 4 is 23.2 Å². The Labute approximate surface area is 208 Å². The van der Waals surface area contributed by atoms with E-state index in [0.717, 1.165) is 43.0 Å². The van der Waals surface area contributed by atoms with Crippen molar-refractivity contribution in [2.75, 3.05) is 18.4 Å². The molecule has 1 N–H and O–H groups in total. The third-order valence-corrected chi connectivity index (χ3v) is 7.13. The second kappa shape index (κ2) is 8.85. The van der Waals surface area contributed by atoms with E-state index in [2.05, 4.69) is 51.0 Å². The molecule has 0 spiro atoms. The first-order valence-corrected chi connectivity index (χ1v) is 11.8. The van der Waals surface area contributed by atoms with E-state index in [9.17, 15) is 13.2 Å². The Morgan fingerprint density at radius 1 is 1.08 bits per heavy atom. The Morgan fingerprint density at radius 3 is 2.31 bits per heavy atom. The Balaban J connectivity index is 1.49. The molecule has 0 radical (unpaired) electrons. The zero-order valence-electron chi connectivity index (χ0n) is 19.5. The number of nitrogens with zero attached hydrogens (tertiary/aromatic N) is 5. The lowest BCUT2D eigenvalue weighted by Gasteiger charge is -2.22. The van der Waals surface area contributed by atoms with Crippen LogP contribution in [-0.4, -0.2) is 55.8 Å². The zero-order chi connectivity index (χ0) is 25.9. The first kappa shape index (κ1) is 24.7. The van der Waals surface area contributed by atoms with Gasteiger partial charge in [0.15, 0.2) is 0 Å². The molecule has 1 saturated heterocycles. The summed E-state index contributed by atoms with van der Waals surface area (Å²) in [6, 6.07) is 0.479. The predicted octanol–water partition coefficient (Wildman–Crippen LogP) is 5.02. The van der Waals surface area contributed by atoms with E-state index in [1.807, 2.05) is 0 Å². The second-order valence-corrected chi connectivity index (χ2v) is 9.85. The van der Waals surface area contributed by atoms with Crippen LogP contribution in [0.2, 0.25) is 5.15 Å². The molecule has 36 heavy (non-hydrogen) atoms. The van der Waals surface area contributed by atoms with Gasteiger partial charge in [0.05, 0.1) is 11.1 Å². The molecule has 0 amide bonds. The normalized spacial score (nSPS) is 22.4. The van der Waals surface area contributed by atoms with E-state index in [0.29, 0.717) is 17.9 Å². The molecule has 12 heteroatoms. The van der Waals surface area contributed by atoms with Gasteiger partial charge in [-0.25, -0.2) is 8.78 Å². The van der Waals surface area contributed by atoms with E-state index in [4.69, 9.17) is 11.6 Å². The van der Waals surface area contributed by atoms with Gasteiger partial charge in [-0.1, -0.05) is 23.4 Å². The fourth-order valence-electron chi connectivity index (χ4n) is 4.70. The average Bonchev–Trinajstić information content (AvgIpc) is 3.13. The average molecular weight is 525 g/mol. The molecule has 1 saturated carbocycles. The third-order valence-electron chi connectivity index (χ3n) is 6.85. The van der Waals surface area contributed by atoms with Gasteiger partial charge < -0.3 is 10.2 Å². The van der Waals surface area contributed by atoms with Crippen LogP contribution in [0, 0.1) is 41.2 Å². The van der Waals surface area contributed by atoms with Crippen molar-refractivity contribution in [2.45, 2.75) is 39.0 Å². The van der Waals surface area contributed by atoms with E-state index < -0.39 is 40.1 Å². The number of likely N-dealkylation sites (tertiary alicyclic amines) is 1. The molecular weight excluding hydrogens is 503 g/mol. The third kappa shape index (κ3) is 4.37. The molecule has 3 heterocycles. The summed E-state index contributed by atoms with van der Waals surface area (Å²) in [5, 5.41) is 5.63. The number of aromatic nitrogens is 4. The molecule has 1 unspecified atom stereocenters. The summed E-state index contributed by atoms with van der Waals surface area (Å²) in [6.07, 6.45) is -3.60. The maximum Gasteiger partial charge on any atom is 0.408 e. The van der Waals surface area contributed by atoms with Gasteiger partial charge in [0.25, 0.3) is 5.78 Å². The largest absolute Gasteiger partial charge is 0.408 e. The van der Waals surface area contributed by atoms with Crippen LogP contribution in [0.4, 0.5) is 27.8 Å². The maximum absolute atomic E-state index is 15.3. The first-order valence-electron chi connectivity index (χ1n) is 11.4. The van der Waals surface area contributed by atoms with Crippen molar-refractivity contribution in [2.24, 2.45) is 17.8 Å². The SMILES string of the molecule is CC(C)N1C[C@@H]2C(C#Cc3cc(F)c(-c4c(Cl)nc5ncnn5c4N[C@@H](C)C(F)(F)F)c(F)c3)[C@@H]2C1. The minimum atomic E-state index is -4.65. The zero-order valence-corrected chi connectivity index (χ0v) is 20.3. The number of benzene rings is 1. The summed E-state index contributed by atoms with van der Waals surface area (Å²) < 4.78 is 71.3. The molecule has 1 aliphatic heterocycles. The number of hydrogen-bond donors (Lipinski definition) is 1. The number of halogens is 6. The second-order valence-electron chi connectivity index (χ2n) is 9.49. The summed E-state index contributed by atoms with van der Waals surface area (Å²) in [5.41, 5.74) is -0.905. The van der Waals surface area contributed by atoms with Crippen molar-refractivity contribution in [1.82, 2.24) is 24.5 Å². The van der Waals surface area contributed by atoms with Crippen LogP contribution >= 0.6 is 11.6 Å². The molecular formula is C24H22ClF5N6. The minimum absolute atomic E-state index is 0.128.